The second-order valence-corrected chi connectivity index (χ2v) is 10.7. The van der Waals surface area contributed by atoms with Crippen LogP contribution in [0.5, 0.6) is 11.5 Å². The minimum Gasteiger partial charge on any atom is -0.497 e. The summed E-state index contributed by atoms with van der Waals surface area (Å²) in [5, 5.41) is 1.04. The summed E-state index contributed by atoms with van der Waals surface area (Å²) in [7, 11) is 1.67. The van der Waals surface area contributed by atoms with Gasteiger partial charge in [-0.3, -0.25) is 0 Å². The van der Waals surface area contributed by atoms with Crippen molar-refractivity contribution in [2.75, 3.05) is 7.11 Å². The fourth-order valence-corrected chi connectivity index (χ4v) is 5.53. The Morgan fingerprint density at radius 3 is 2.09 bits per heavy atom. The van der Waals surface area contributed by atoms with Crippen molar-refractivity contribution in [3.63, 3.8) is 0 Å². The van der Waals surface area contributed by atoms with E-state index in [-0.39, 0.29) is 0 Å². The van der Waals surface area contributed by atoms with Crippen LogP contribution in [0.3, 0.4) is 0 Å². The van der Waals surface area contributed by atoms with Crippen LogP contribution in [0.1, 0.15) is 33.6 Å². The Balaban J connectivity index is 1.34. The standard InChI is InChI=1S/C42H31O3/c1-43-35-23-20-30(21-24-35)22-25-36-27-33(38-16-8-10-18-41(38)44-36)26-34-28-37(45-42-19-11-9-17-39(34)42)29-40(31-12-4-2-5-13-31)32-14-6-3-7-15-32/h2-29H,1H3/q+1. The molecule has 0 fully saturated rings. The average molecular weight is 584 g/mol. The van der Waals surface area contributed by atoms with E-state index in [4.69, 9.17) is 13.9 Å². The molecule has 0 aliphatic carbocycles. The highest BCUT2D eigenvalue weighted by Crippen LogP contribution is 2.38. The normalized spacial score (nSPS) is 13.3. The number of para-hydroxylation sites is 2. The quantitative estimate of drug-likeness (QED) is 0.175. The summed E-state index contributed by atoms with van der Waals surface area (Å²) in [4.78, 5) is 0. The molecule has 0 bridgehead atoms. The summed E-state index contributed by atoms with van der Waals surface area (Å²) in [6.45, 7) is 0. The van der Waals surface area contributed by atoms with E-state index in [1.165, 1.54) is 0 Å². The molecule has 1 aliphatic heterocycles. The van der Waals surface area contributed by atoms with Crippen molar-refractivity contribution < 1.29 is 13.9 Å². The molecule has 0 atom stereocenters. The maximum atomic E-state index is 6.49. The van der Waals surface area contributed by atoms with Gasteiger partial charge in [0.2, 0.25) is 0 Å². The van der Waals surface area contributed by atoms with Gasteiger partial charge in [-0.2, -0.15) is 0 Å². The van der Waals surface area contributed by atoms with Crippen molar-refractivity contribution in [1.82, 2.24) is 0 Å². The topological polar surface area (TPSA) is 29.8 Å². The fraction of sp³-hybridized carbons (Fsp3) is 0.0238. The number of methoxy groups -OCH3 is 1. The third kappa shape index (κ3) is 6.24. The first-order chi connectivity index (χ1) is 22.2. The number of benzene rings is 5. The first-order valence-electron chi connectivity index (χ1n) is 14.9. The third-order valence-corrected chi connectivity index (χ3v) is 7.77. The van der Waals surface area contributed by atoms with Crippen LogP contribution in [0, 0.1) is 0 Å². The molecule has 45 heavy (non-hydrogen) atoms. The SMILES string of the molecule is COc1ccc(C=Cc2cc(C=C3C=C(C=C(c4ccccc4)c4ccccc4)Oc4ccccc43)c3ccccc3[o+]2)cc1. The van der Waals surface area contributed by atoms with Gasteiger partial charge in [0.15, 0.2) is 0 Å². The zero-order chi connectivity index (χ0) is 30.4. The molecule has 0 N–H and O–H groups in total. The summed E-state index contributed by atoms with van der Waals surface area (Å²) in [6, 6.07) is 47.3. The van der Waals surface area contributed by atoms with E-state index in [9.17, 15) is 0 Å². The molecule has 2 heterocycles. The summed E-state index contributed by atoms with van der Waals surface area (Å²) in [5.74, 6) is 3.18. The van der Waals surface area contributed by atoms with Crippen LogP contribution < -0.4 is 9.47 Å². The number of rotatable bonds is 7. The number of allylic oxidation sites excluding steroid dienone is 3. The van der Waals surface area contributed by atoms with Gasteiger partial charge in [-0.25, -0.2) is 4.42 Å². The van der Waals surface area contributed by atoms with Gasteiger partial charge in [0.25, 0.3) is 0 Å². The van der Waals surface area contributed by atoms with E-state index in [2.05, 4.69) is 85.0 Å². The van der Waals surface area contributed by atoms with Gasteiger partial charge in [0.05, 0.1) is 18.6 Å². The van der Waals surface area contributed by atoms with Crippen LogP contribution in [-0.4, -0.2) is 7.11 Å². The molecule has 0 saturated carbocycles. The lowest BCUT2D eigenvalue weighted by molar-refractivity contribution is 0.415. The smallest absolute Gasteiger partial charge is 0.361 e. The highest BCUT2D eigenvalue weighted by atomic mass is 16.5. The Kier molecular flexibility index (Phi) is 7.89. The summed E-state index contributed by atoms with van der Waals surface area (Å²) in [6.07, 6.45) is 10.5. The van der Waals surface area contributed by atoms with Gasteiger partial charge in [0.1, 0.15) is 17.3 Å². The molecule has 0 amide bonds. The minimum absolute atomic E-state index is 0.760. The number of hydrogen-bond acceptors (Lipinski definition) is 2. The Labute approximate surface area is 263 Å². The molecule has 0 saturated heterocycles. The van der Waals surface area contributed by atoms with Crippen molar-refractivity contribution in [1.29, 1.82) is 0 Å². The van der Waals surface area contributed by atoms with Gasteiger partial charge >= 0.3 is 11.3 Å². The van der Waals surface area contributed by atoms with Crippen LogP contribution in [0.25, 0.3) is 40.3 Å². The molecule has 3 nitrogen and oxygen atoms in total. The van der Waals surface area contributed by atoms with Crippen LogP contribution >= 0.6 is 0 Å². The molecule has 1 aliphatic rings. The van der Waals surface area contributed by atoms with Gasteiger partial charge in [-0.05, 0) is 76.4 Å². The molecular weight excluding hydrogens is 552 g/mol. The van der Waals surface area contributed by atoms with Crippen molar-refractivity contribution in [2.45, 2.75) is 0 Å². The number of ether oxygens (including phenoxy) is 2. The van der Waals surface area contributed by atoms with Gasteiger partial charge in [-0.15, -0.1) is 0 Å². The van der Waals surface area contributed by atoms with E-state index in [1.807, 2.05) is 84.9 Å². The number of fused-ring (bicyclic) bond motifs is 2. The Morgan fingerprint density at radius 1 is 0.689 bits per heavy atom. The molecule has 6 aromatic rings. The predicted octanol–water partition coefficient (Wildman–Crippen LogP) is 10.8. The second kappa shape index (κ2) is 12.7. The molecule has 216 valence electrons. The lowest BCUT2D eigenvalue weighted by Crippen LogP contribution is -2.03. The van der Waals surface area contributed by atoms with E-state index < -0.39 is 0 Å². The zero-order valence-corrected chi connectivity index (χ0v) is 24.9. The molecule has 5 aromatic carbocycles. The van der Waals surface area contributed by atoms with Crippen LogP contribution in [0.2, 0.25) is 0 Å². The second-order valence-electron chi connectivity index (χ2n) is 10.7. The minimum atomic E-state index is 0.760. The maximum absolute atomic E-state index is 6.49. The largest absolute Gasteiger partial charge is 0.497 e. The average Bonchev–Trinajstić information content (AvgIpc) is 3.10. The highest BCUT2D eigenvalue weighted by Gasteiger charge is 2.19. The van der Waals surface area contributed by atoms with Crippen molar-refractivity contribution >= 4 is 40.3 Å². The molecule has 0 spiro atoms. The first-order valence-corrected chi connectivity index (χ1v) is 14.9. The van der Waals surface area contributed by atoms with E-state index in [0.717, 1.165) is 73.0 Å². The van der Waals surface area contributed by atoms with E-state index in [1.54, 1.807) is 7.11 Å². The molecule has 7 rings (SSSR count). The van der Waals surface area contributed by atoms with Gasteiger partial charge in [-0.1, -0.05) is 103 Å². The highest BCUT2D eigenvalue weighted by molar-refractivity contribution is 5.98. The summed E-state index contributed by atoms with van der Waals surface area (Å²) >= 11 is 0. The van der Waals surface area contributed by atoms with Crippen molar-refractivity contribution in [3.05, 3.63) is 191 Å². The lowest BCUT2D eigenvalue weighted by Gasteiger charge is -2.20. The Hall–Kier alpha value is -5.93. The van der Waals surface area contributed by atoms with Crippen LogP contribution in [0.4, 0.5) is 0 Å². The zero-order valence-electron chi connectivity index (χ0n) is 24.9. The van der Waals surface area contributed by atoms with Crippen molar-refractivity contribution in [3.8, 4) is 11.5 Å². The molecular formula is C42H31O3+. The summed E-state index contributed by atoms with van der Waals surface area (Å²) in [5.41, 5.74) is 8.38. The van der Waals surface area contributed by atoms with Crippen molar-refractivity contribution in [2.24, 2.45) is 0 Å². The number of hydrogen-bond donors (Lipinski definition) is 0. The van der Waals surface area contributed by atoms with E-state index >= 15 is 0 Å². The lowest BCUT2D eigenvalue weighted by atomic mass is 9.94. The molecule has 0 unspecified atom stereocenters. The molecule has 1 aromatic heterocycles. The van der Waals surface area contributed by atoms with Gasteiger partial charge in [0, 0.05) is 23.3 Å². The Bertz CT molecular complexity index is 2040. The van der Waals surface area contributed by atoms with E-state index in [0.29, 0.717) is 0 Å². The third-order valence-electron chi connectivity index (χ3n) is 7.77. The van der Waals surface area contributed by atoms with Crippen LogP contribution in [-0.2, 0) is 0 Å². The monoisotopic (exact) mass is 583 g/mol. The Morgan fingerprint density at radius 2 is 1.36 bits per heavy atom. The van der Waals surface area contributed by atoms with Gasteiger partial charge < -0.3 is 9.47 Å². The maximum Gasteiger partial charge on any atom is 0.361 e. The van der Waals surface area contributed by atoms with Crippen LogP contribution in [0.15, 0.2) is 162 Å². The molecule has 3 heteroatoms. The predicted molar refractivity (Wildman–Crippen MR) is 186 cm³/mol. The molecule has 0 radical (unpaired) electrons. The fourth-order valence-electron chi connectivity index (χ4n) is 5.53. The summed E-state index contributed by atoms with van der Waals surface area (Å²) < 4.78 is 18.1. The first kappa shape index (κ1) is 27.9.